The number of thiazole rings is 1. The first kappa shape index (κ1) is 16.1. The van der Waals surface area contributed by atoms with E-state index in [0.29, 0.717) is 16.6 Å². The molecule has 1 aromatic heterocycles. The molecule has 5 nitrogen and oxygen atoms in total. The predicted molar refractivity (Wildman–Crippen MR) is 88.8 cm³/mol. The molecule has 0 aromatic carbocycles. The second-order valence-corrected chi connectivity index (χ2v) is 6.85. The van der Waals surface area contributed by atoms with E-state index >= 15 is 0 Å². The summed E-state index contributed by atoms with van der Waals surface area (Å²) in [5.41, 5.74) is 5.90. The van der Waals surface area contributed by atoms with Gasteiger partial charge in [0, 0.05) is 20.1 Å². The first-order valence-corrected chi connectivity index (χ1v) is 8.69. The van der Waals surface area contributed by atoms with Gasteiger partial charge in [0.2, 0.25) is 0 Å². The van der Waals surface area contributed by atoms with Crippen LogP contribution < -0.4 is 11.1 Å². The van der Waals surface area contributed by atoms with Gasteiger partial charge in [0.15, 0.2) is 5.13 Å². The predicted octanol–water partition coefficient (Wildman–Crippen LogP) is 3.20. The number of anilines is 2. The molecule has 0 aliphatic heterocycles. The Balaban J connectivity index is 1.96. The van der Waals surface area contributed by atoms with E-state index in [0.717, 1.165) is 24.6 Å². The van der Waals surface area contributed by atoms with Crippen molar-refractivity contribution in [3.8, 4) is 0 Å². The summed E-state index contributed by atoms with van der Waals surface area (Å²) in [5.74, 6) is 0.985. The lowest BCUT2D eigenvalue weighted by Gasteiger charge is -2.26. The summed E-state index contributed by atoms with van der Waals surface area (Å²) in [6, 6.07) is 0. The van der Waals surface area contributed by atoms with Gasteiger partial charge < -0.3 is 16.0 Å². The minimum Gasteiger partial charge on any atom is -0.382 e. The Kier molecular flexibility index (Phi) is 5.85. The van der Waals surface area contributed by atoms with Crippen LogP contribution in [0.4, 0.5) is 10.9 Å². The molecular formula is C15H26N4OS. The normalized spacial score (nSPS) is 15.9. The van der Waals surface area contributed by atoms with Crippen LogP contribution in [0, 0.1) is 5.92 Å². The number of carbonyl (C=O) groups excluding carboxylic acids is 1. The molecule has 0 radical (unpaired) electrons. The average Bonchev–Trinajstić information content (AvgIpc) is 2.86. The van der Waals surface area contributed by atoms with Crippen LogP contribution in [0.2, 0.25) is 0 Å². The molecular weight excluding hydrogens is 284 g/mol. The van der Waals surface area contributed by atoms with Crippen molar-refractivity contribution in [3.63, 3.8) is 0 Å². The van der Waals surface area contributed by atoms with Crippen LogP contribution in [0.3, 0.4) is 0 Å². The number of hydrogen-bond donors (Lipinski definition) is 2. The molecule has 0 unspecified atom stereocenters. The first-order valence-electron chi connectivity index (χ1n) is 7.87. The Morgan fingerprint density at radius 3 is 2.81 bits per heavy atom. The minimum absolute atomic E-state index is 0.000113. The van der Waals surface area contributed by atoms with Gasteiger partial charge in [-0.1, -0.05) is 37.5 Å². The van der Waals surface area contributed by atoms with E-state index in [2.05, 4.69) is 17.2 Å². The lowest BCUT2D eigenvalue weighted by molar-refractivity contribution is 0.0766. The molecule has 1 heterocycles. The van der Waals surface area contributed by atoms with Crippen molar-refractivity contribution in [2.24, 2.45) is 5.92 Å². The van der Waals surface area contributed by atoms with Crippen molar-refractivity contribution < 1.29 is 4.79 Å². The van der Waals surface area contributed by atoms with E-state index in [9.17, 15) is 4.79 Å². The van der Waals surface area contributed by atoms with Gasteiger partial charge in [0.05, 0.1) is 0 Å². The second-order valence-electron chi connectivity index (χ2n) is 5.85. The third-order valence-electron chi connectivity index (χ3n) is 3.98. The highest BCUT2D eigenvalue weighted by atomic mass is 32.1. The fourth-order valence-corrected chi connectivity index (χ4v) is 3.71. The standard InChI is InChI=1S/C15H26N4OS/c1-3-9-17-15-18-13(16)12(21-15)14(20)19(2)10-11-7-5-4-6-8-11/h11H,3-10,16H2,1-2H3,(H,17,18). The van der Waals surface area contributed by atoms with Gasteiger partial charge in [-0.25, -0.2) is 4.98 Å². The second kappa shape index (κ2) is 7.64. The number of carbonyl (C=O) groups is 1. The number of amides is 1. The van der Waals surface area contributed by atoms with Gasteiger partial charge in [-0.15, -0.1) is 0 Å². The largest absolute Gasteiger partial charge is 0.382 e. The molecule has 6 heteroatoms. The van der Waals surface area contributed by atoms with Crippen molar-refractivity contribution in [1.29, 1.82) is 0 Å². The van der Waals surface area contributed by atoms with Gasteiger partial charge >= 0.3 is 0 Å². The van der Waals surface area contributed by atoms with E-state index in [-0.39, 0.29) is 5.91 Å². The number of nitrogens with zero attached hydrogens (tertiary/aromatic N) is 2. The van der Waals surface area contributed by atoms with E-state index in [1.54, 1.807) is 0 Å². The van der Waals surface area contributed by atoms with E-state index in [4.69, 9.17) is 5.73 Å². The number of nitrogens with one attached hydrogen (secondary N) is 1. The third kappa shape index (κ3) is 4.33. The number of aromatic nitrogens is 1. The van der Waals surface area contributed by atoms with Crippen LogP contribution in [-0.2, 0) is 0 Å². The van der Waals surface area contributed by atoms with Crippen LogP contribution in [0.1, 0.15) is 55.1 Å². The number of nitrogens with two attached hydrogens (primary N) is 1. The highest BCUT2D eigenvalue weighted by Crippen LogP contribution is 2.28. The first-order chi connectivity index (χ1) is 10.1. The molecule has 1 fully saturated rings. The topological polar surface area (TPSA) is 71.2 Å². The SMILES string of the molecule is CCCNc1nc(N)c(C(=O)N(C)CC2CCCCC2)s1. The molecule has 0 spiro atoms. The van der Waals surface area contributed by atoms with Gasteiger partial charge in [0.25, 0.3) is 5.91 Å². The highest BCUT2D eigenvalue weighted by Gasteiger charge is 2.23. The average molecular weight is 310 g/mol. The van der Waals surface area contributed by atoms with Crippen molar-refractivity contribution in [3.05, 3.63) is 4.88 Å². The maximum absolute atomic E-state index is 12.5. The molecule has 0 atom stereocenters. The molecule has 1 aliphatic carbocycles. The smallest absolute Gasteiger partial charge is 0.267 e. The molecule has 3 N–H and O–H groups in total. The maximum Gasteiger partial charge on any atom is 0.267 e. The van der Waals surface area contributed by atoms with Crippen LogP contribution in [0.15, 0.2) is 0 Å². The quantitative estimate of drug-likeness (QED) is 0.846. The van der Waals surface area contributed by atoms with Crippen molar-refractivity contribution >= 4 is 28.2 Å². The summed E-state index contributed by atoms with van der Waals surface area (Å²) in [6.07, 6.45) is 7.41. The Bertz CT molecular complexity index is 468. The molecule has 0 saturated heterocycles. The molecule has 1 amide bonds. The summed E-state index contributed by atoms with van der Waals surface area (Å²) in [4.78, 5) is 19.1. The van der Waals surface area contributed by atoms with Gasteiger partial charge in [-0.3, -0.25) is 4.79 Å². The number of hydrogen-bond acceptors (Lipinski definition) is 5. The summed E-state index contributed by atoms with van der Waals surface area (Å²) in [5, 5.41) is 3.93. The fourth-order valence-electron chi connectivity index (χ4n) is 2.81. The fraction of sp³-hybridized carbons (Fsp3) is 0.733. The minimum atomic E-state index is 0.000113. The van der Waals surface area contributed by atoms with E-state index < -0.39 is 0 Å². The zero-order valence-corrected chi connectivity index (χ0v) is 13.8. The lowest BCUT2D eigenvalue weighted by Crippen LogP contribution is -2.32. The van der Waals surface area contributed by atoms with E-state index in [1.807, 2.05) is 11.9 Å². The Labute approximate surface area is 130 Å². The Morgan fingerprint density at radius 2 is 2.14 bits per heavy atom. The van der Waals surface area contributed by atoms with Gasteiger partial charge in [-0.05, 0) is 25.2 Å². The summed E-state index contributed by atoms with van der Waals surface area (Å²) < 4.78 is 0. The van der Waals surface area contributed by atoms with Crippen molar-refractivity contribution in [2.75, 3.05) is 31.2 Å². The summed E-state index contributed by atoms with van der Waals surface area (Å²) >= 11 is 1.36. The molecule has 1 aromatic rings. The third-order valence-corrected chi connectivity index (χ3v) is 4.99. The Morgan fingerprint density at radius 1 is 1.43 bits per heavy atom. The Hall–Kier alpha value is -1.30. The van der Waals surface area contributed by atoms with Crippen LogP contribution in [0.25, 0.3) is 0 Å². The number of rotatable bonds is 6. The van der Waals surface area contributed by atoms with Crippen LogP contribution in [-0.4, -0.2) is 35.9 Å². The van der Waals surface area contributed by atoms with E-state index in [1.165, 1.54) is 43.4 Å². The number of nitrogen functional groups attached to an aromatic ring is 1. The van der Waals surface area contributed by atoms with Gasteiger partial charge in [0.1, 0.15) is 10.7 Å². The van der Waals surface area contributed by atoms with Crippen LogP contribution in [0.5, 0.6) is 0 Å². The maximum atomic E-state index is 12.5. The zero-order valence-electron chi connectivity index (χ0n) is 13.0. The molecule has 0 bridgehead atoms. The summed E-state index contributed by atoms with van der Waals surface area (Å²) in [7, 11) is 1.87. The zero-order chi connectivity index (χ0) is 15.2. The van der Waals surface area contributed by atoms with Crippen molar-refractivity contribution in [2.45, 2.75) is 45.4 Å². The van der Waals surface area contributed by atoms with Crippen molar-refractivity contribution in [1.82, 2.24) is 9.88 Å². The molecule has 2 rings (SSSR count). The molecule has 118 valence electrons. The monoisotopic (exact) mass is 310 g/mol. The highest BCUT2D eigenvalue weighted by molar-refractivity contribution is 7.18. The lowest BCUT2D eigenvalue weighted by atomic mass is 9.89. The summed E-state index contributed by atoms with van der Waals surface area (Å²) in [6.45, 7) is 3.76. The molecule has 1 saturated carbocycles. The molecule has 1 aliphatic rings. The van der Waals surface area contributed by atoms with Gasteiger partial charge in [-0.2, -0.15) is 0 Å². The molecule has 21 heavy (non-hydrogen) atoms. The van der Waals surface area contributed by atoms with Crippen LogP contribution >= 0.6 is 11.3 Å².